The van der Waals surface area contributed by atoms with Crippen molar-refractivity contribution in [2.75, 3.05) is 78.3 Å². The number of benzene rings is 12. The SMILES string of the molecule is COc1ccc(CCN)cc1.COc1ccc(CN)cc1.Cc1ccc(CCN)cc1.Cc1ccc(CN)cc1.NC(c1ccccc1)c1ccccc1.NC1CCN(c2ncccn2)CC1.NCC(c1ccccc1)c1ccccc1.NCC1CCCO1.NCCc1ccc(Cl)cc1.NCc1ccc2c(c1)OCO2.NCc1cccc2ccccc12. The van der Waals surface area contributed by atoms with Crippen LogP contribution < -0.4 is 86.9 Å². The summed E-state index contributed by atoms with van der Waals surface area (Å²) in [5.41, 5.74) is 77.0. The summed E-state index contributed by atoms with van der Waals surface area (Å²) in [6.07, 6.45) is 11.2. The van der Waals surface area contributed by atoms with Gasteiger partial charge in [-0.05, 0) is 205 Å². The van der Waals surface area contributed by atoms with E-state index < -0.39 is 0 Å². The molecule has 16 rings (SSSR count). The van der Waals surface area contributed by atoms with E-state index in [1.54, 1.807) is 26.6 Å². The van der Waals surface area contributed by atoms with Crippen LogP contribution in [0.3, 0.4) is 0 Å². The van der Waals surface area contributed by atoms with E-state index in [1.165, 1.54) is 67.3 Å². The van der Waals surface area contributed by atoms with E-state index in [4.69, 9.17) is 98.4 Å². The van der Waals surface area contributed by atoms with Crippen molar-refractivity contribution in [2.24, 2.45) is 63.1 Å². The van der Waals surface area contributed by atoms with Crippen LogP contribution in [0.15, 0.2) is 322 Å². The van der Waals surface area contributed by atoms with Crippen LogP contribution in [-0.2, 0) is 50.2 Å². The van der Waals surface area contributed by atoms with E-state index in [2.05, 4.69) is 174 Å². The molecule has 2 fully saturated rings. The van der Waals surface area contributed by atoms with Crippen LogP contribution >= 0.6 is 11.6 Å². The molecule has 646 valence electrons. The van der Waals surface area contributed by atoms with Crippen molar-refractivity contribution in [1.82, 2.24) is 9.97 Å². The Bertz CT molecular complexity index is 4620. The van der Waals surface area contributed by atoms with E-state index in [-0.39, 0.29) is 6.04 Å². The van der Waals surface area contributed by atoms with Gasteiger partial charge in [0, 0.05) is 88.3 Å². The third-order valence-corrected chi connectivity index (χ3v) is 19.9. The molecule has 122 heavy (non-hydrogen) atoms. The summed E-state index contributed by atoms with van der Waals surface area (Å²) >= 11 is 5.68. The summed E-state index contributed by atoms with van der Waals surface area (Å²) in [5, 5.41) is 3.31. The van der Waals surface area contributed by atoms with Crippen molar-refractivity contribution in [3.63, 3.8) is 0 Å². The van der Waals surface area contributed by atoms with E-state index in [0.717, 1.165) is 121 Å². The largest absolute Gasteiger partial charge is 0.497 e. The molecular weight excluding hydrogens is 1540 g/mol. The molecule has 13 aromatic rings. The third kappa shape index (κ3) is 38.7. The first-order chi connectivity index (χ1) is 59.6. The summed E-state index contributed by atoms with van der Waals surface area (Å²) < 4.78 is 25.5. The van der Waals surface area contributed by atoms with E-state index >= 15 is 0 Å². The molecule has 0 amide bonds. The lowest BCUT2D eigenvalue weighted by Crippen LogP contribution is -2.40. The minimum atomic E-state index is -0.0163. The third-order valence-electron chi connectivity index (χ3n) is 19.6. The predicted molar refractivity (Wildman–Crippen MR) is 508 cm³/mol. The Balaban J connectivity index is 0.000000209. The van der Waals surface area contributed by atoms with E-state index in [9.17, 15) is 0 Å². The zero-order chi connectivity index (χ0) is 87.6. The van der Waals surface area contributed by atoms with E-state index in [1.807, 2.05) is 164 Å². The molecule has 12 aromatic carbocycles. The maximum atomic E-state index is 6.12. The Morgan fingerprint density at radius 1 is 0.426 bits per heavy atom. The molecule has 1 aromatic heterocycles. The molecule has 0 bridgehead atoms. The fraction of sp³-hybridized carbons (Fsp3) is 0.275. The van der Waals surface area contributed by atoms with Crippen molar-refractivity contribution in [1.29, 1.82) is 0 Å². The molecule has 2 saturated heterocycles. The zero-order valence-electron chi connectivity index (χ0n) is 71.7. The monoisotopic (exact) mass is 1670 g/mol. The number of hydrogen-bond acceptors (Lipinski definition) is 19. The van der Waals surface area contributed by atoms with Crippen LogP contribution in [-0.4, -0.2) is 95.5 Å². The number of nitrogens with two attached hydrogens (primary N) is 11. The molecule has 0 saturated carbocycles. The summed E-state index contributed by atoms with van der Waals surface area (Å²) in [6, 6.07) is 104. The predicted octanol–water partition coefficient (Wildman–Crippen LogP) is 16.4. The first-order valence-corrected chi connectivity index (χ1v) is 42.1. The average Bonchev–Trinajstić information content (AvgIpc) is 1.02. The lowest BCUT2D eigenvalue weighted by molar-refractivity contribution is 0.117. The molecule has 0 radical (unpaired) electrons. The van der Waals surface area contributed by atoms with Gasteiger partial charge in [-0.3, -0.25) is 0 Å². The van der Waals surface area contributed by atoms with Gasteiger partial charge in [-0.15, -0.1) is 0 Å². The fourth-order valence-electron chi connectivity index (χ4n) is 12.5. The Morgan fingerprint density at radius 2 is 0.836 bits per heavy atom. The number of fused-ring (bicyclic) bond motifs is 2. The van der Waals surface area contributed by atoms with Gasteiger partial charge in [0.15, 0.2) is 11.5 Å². The normalized spacial score (nSPS) is 12.5. The number of aryl methyl sites for hydroxylation is 2. The highest BCUT2D eigenvalue weighted by Gasteiger charge is 2.18. The van der Waals surface area contributed by atoms with Gasteiger partial charge in [-0.25, -0.2) is 9.97 Å². The topological polar surface area (TPSA) is 361 Å². The van der Waals surface area contributed by atoms with Gasteiger partial charge in [0.05, 0.1) is 26.4 Å². The Hall–Kier alpha value is -11.2. The van der Waals surface area contributed by atoms with Crippen molar-refractivity contribution in [3.05, 3.63) is 399 Å². The average molecular weight is 1670 g/mol. The molecule has 0 aliphatic carbocycles. The lowest BCUT2D eigenvalue weighted by Gasteiger charge is -2.29. The highest BCUT2D eigenvalue weighted by Crippen LogP contribution is 2.32. The maximum absolute atomic E-state index is 6.12. The van der Waals surface area contributed by atoms with Gasteiger partial charge in [0.2, 0.25) is 12.7 Å². The van der Waals surface area contributed by atoms with Crippen LogP contribution in [0.2, 0.25) is 5.02 Å². The quantitative estimate of drug-likeness (QED) is 0.0358. The van der Waals surface area contributed by atoms with Crippen LogP contribution in [0.4, 0.5) is 5.95 Å². The summed E-state index contributed by atoms with van der Waals surface area (Å²) in [4.78, 5) is 10.6. The van der Waals surface area contributed by atoms with Gasteiger partial charge in [0.25, 0.3) is 0 Å². The first-order valence-electron chi connectivity index (χ1n) is 41.7. The molecule has 1 atom stereocenters. The van der Waals surface area contributed by atoms with Gasteiger partial charge >= 0.3 is 0 Å². The molecule has 3 aliphatic heterocycles. The number of rotatable bonds is 19. The minimum Gasteiger partial charge on any atom is -0.497 e. The van der Waals surface area contributed by atoms with Crippen LogP contribution in [0.1, 0.15) is 110 Å². The molecule has 0 spiro atoms. The maximum Gasteiger partial charge on any atom is 0.231 e. The van der Waals surface area contributed by atoms with Crippen LogP contribution in [0.5, 0.6) is 23.0 Å². The number of methoxy groups -OCH3 is 2. The molecule has 3 aliphatic rings. The summed E-state index contributed by atoms with van der Waals surface area (Å²) in [5.74, 6) is 4.51. The Labute approximate surface area is 730 Å². The van der Waals surface area contributed by atoms with E-state index in [0.29, 0.717) is 77.2 Å². The van der Waals surface area contributed by atoms with Crippen molar-refractivity contribution < 1.29 is 23.7 Å². The number of anilines is 1. The second-order valence-corrected chi connectivity index (χ2v) is 29.1. The first kappa shape index (κ1) is 99.6. The number of nitrogens with zero attached hydrogens (tertiary/aromatic N) is 3. The van der Waals surface area contributed by atoms with Crippen molar-refractivity contribution >= 4 is 28.3 Å². The summed E-state index contributed by atoms with van der Waals surface area (Å²) in [7, 11) is 3.31. The van der Waals surface area contributed by atoms with Crippen LogP contribution in [0.25, 0.3) is 10.8 Å². The molecule has 19 nitrogen and oxygen atoms in total. The number of halogens is 1. The number of aromatic nitrogens is 2. The van der Waals surface area contributed by atoms with Crippen molar-refractivity contribution in [3.8, 4) is 23.0 Å². The Kier molecular flexibility index (Phi) is 49.2. The van der Waals surface area contributed by atoms with Gasteiger partial charge in [0.1, 0.15) is 11.5 Å². The van der Waals surface area contributed by atoms with Gasteiger partial charge < -0.3 is 91.7 Å². The second-order valence-electron chi connectivity index (χ2n) is 28.7. The highest BCUT2D eigenvalue weighted by atomic mass is 35.5. The molecule has 20 heteroatoms. The standard InChI is InChI=1S/C14H15N.C13H13N.C11H11N.C9H14N4.C9H13NO.C9H13N.C8H10ClN.C8H9NO2.C8H11NO.C8H11N.C5H11NO/c15-11-14(12-7-3-1-4-8-12)13-9-5-2-6-10-13;14-13(11-7-3-1-4-8-11)12-9-5-2-6-10-12;12-8-10-6-3-5-9-4-1-2-7-11(9)10;10-8-2-6-13(7-3-8)9-11-4-1-5-12-9;1-11-9-4-2-8(3-5-9)6-7-10;1-8-2-4-9(5-3-8)6-7-10;9-8-3-1-7(2-4-8)5-6-10;9-4-6-1-2-7-8(3-6)11-5-10-7;1-10-8-4-2-7(6-9)3-5-8;1-7-2-4-8(6-9)5-3-7;6-4-5-2-1-3-7-5/h1-10,14H,11,15H2;1-10,13H,14H2;1-7H,8,12H2;1,4-5,8H,2-3,6-7,10H2;2-5H,6-7,10H2,1H3;2-5H,6-7,10H2,1H3;1-4H,5-6,10H2;1-3H,4-5,9H2;2-5H,6,9H2,1H3;2-5H,6,9H2,1H3;5H,1-4,6H2. The van der Waals surface area contributed by atoms with Crippen molar-refractivity contribution in [2.45, 2.75) is 109 Å². The fourth-order valence-corrected chi connectivity index (χ4v) is 12.6. The van der Waals surface area contributed by atoms with Crippen LogP contribution in [0, 0.1) is 13.8 Å². The number of piperidine rings is 1. The second kappa shape index (κ2) is 60.3. The molecule has 4 heterocycles. The molecule has 22 N–H and O–H groups in total. The van der Waals surface area contributed by atoms with Gasteiger partial charge in [-0.2, -0.15) is 0 Å². The Morgan fingerprint density at radius 3 is 1.25 bits per heavy atom. The highest BCUT2D eigenvalue weighted by molar-refractivity contribution is 6.30. The number of ether oxygens (including phenoxy) is 5. The minimum absolute atomic E-state index is 0.0163. The molecular formula is C102H131ClN14O5. The summed E-state index contributed by atoms with van der Waals surface area (Å²) in [6.45, 7) is 13.2. The number of hydrogen-bond donors (Lipinski definition) is 11. The van der Waals surface area contributed by atoms with Gasteiger partial charge in [-0.1, -0.05) is 278 Å². The zero-order valence-corrected chi connectivity index (χ0v) is 72.4. The molecule has 1 unspecified atom stereocenters. The lowest BCUT2D eigenvalue weighted by atomic mass is 9.92. The smallest absolute Gasteiger partial charge is 0.231 e.